The zero-order chi connectivity index (χ0) is 23.1. The molecule has 1 aromatic heterocycles. The number of ether oxygens (including phenoxy) is 5. The second kappa shape index (κ2) is 10.5. The minimum absolute atomic E-state index is 0.163. The summed E-state index contributed by atoms with van der Waals surface area (Å²) in [6, 6.07) is 13.9. The van der Waals surface area contributed by atoms with E-state index in [9.17, 15) is 4.79 Å². The van der Waals surface area contributed by atoms with E-state index in [0.29, 0.717) is 34.5 Å². The largest absolute Gasteiger partial charge is 0.493 e. The van der Waals surface area contributed by atoms with E-state index in [-0.39, 0.29) is 24.3 Å². The van der Waals surface area contributed by atoms with E-state index in [2.05, 4.69) is 5.32 Å². The van der Waals surface area contributed by atoms with Gasteiger partial charge >= 0.3 is 0 Å². The first-order chi connectivity index (χ1) is 15.5. The molecule has 0 fully saturated rings. The van der Waals surface area contributed by atoms with Gasteiger partial charge in [-0.25, -0.2) is 0 Å². The lowest BCUT2D eigenvalue weighted by atomic mass is 10.1. The van der Waals surface area contributed by atoms with Gasteiger partial charge in [0.1, 0.15) is 12.4 Å². The summed E-state index contributed by atoms with van der Waals surface area (Å²) in [5.74, 6) is 3.07. The van der Waals surface area contributed by atoms with Crippen LogP contribution in [0.5, 0.6) is 28.7 Å². The number of hydrogen-bond donors (Lipinski definition) is 1. The fourth-order valence-electron chi connectivity index (χ4n) is 3.17. The van der Waals surface area contributed by atoms with Crippen molar-refractivity contribution in [1.29, 1.82) is 0 Å². The van der Waals surface area contributed by atoms with Gasteiger partial charge in [-0.15, -0.1) is 0 Å². The number of amides is 1. The number of methoxy groups -OCH3 is 4. The van der Waals surface area contributed by atoms with Gasteiger partial charge in [0.2, 0.25) is 5.75 Å². The number of benzene rings is 2. The maximum Gasteiger partial charge on any atom is 0.287 e. The Morgan fingerprint density at radius 3 is 2.09 bits per heavy atom. The topological polar surface area (TPSA) is 88.4 Å². The van der Waals surface area contributed by atoms with Crippen molar-refractivity contribution in [1.82, 2.24) is 5.32 Å². The average Bonchev–Trinajstić information content (AvgIpc) is 3.31. The summed E-state index contributed by atoms with van der Waals surface area (Å²) in [5, 5.41) is 2.91. The number of carbonyl (C=O) groups excluding carboxylic acids is 1. The van der Waals surface area contributed by atoms with Crippen molar-refractivity contribution < 1.29 is 32.9 Å². The molecule has 170 valence electrons. The van der Waals surface area contributed by atoms with Crippen LogP contribution in [0.1, 0.15) is 34.8 Å². The van der Waals surface area contributed by atoms with Crippen LogP contribution in [0.3, 0.4) is 0 Å². The monoisotopic (exact) mass is 441 g/mol. The second-order valence-corrected chi connectivity index (χ2v) is 6.86. The van der Waals surface area contributed by atoms with Crippen LogP contribution >= 0.6 is 0 Å². The van der Waals surface area contributed by atoms with Crippen LogP contribution in [-0.4, -0.2) is 34.3 Å². The third-order valence-corrected chi connectivity index (χ3v) is 4.86. The lowest BCUT2D eigenvalue weighted by molar-refractivity contribution is 0.0907. The summed E-state index contributed by atoms with van der Waals surface area (Å²) < 4.78 is 32.8. The molecule has 1 atom stereocenters. The van der Waals surface area contributed by atoms with Crippen LogP contribution in [0.25, 0.3) is 0 Å². The molecule has 1 N–H and O–H groups in total. The van der Waals surface area contributed by atoms with Crippen molar-refractivity contribution in [2.45, 2.75) is 19.6 Å². The Balaban J connectivity index is 1.67. The molecule has 0 aliphatic heterocycles. The molecule has 0 saturated carbocycles. The third-order valence-electron chi connectivity index (χ3n) is 4.86. The van der Waals surface area contributed by atoms with Crippen molar-refractivity contribution in [3.05, 3.63) is 65.6 Å². The van der Waals surface area contributed by atoms with Crippen LogP contribution in [0.15, 0.2) is 52.9 Å². The van der Waals surface area contributed by atoms with Crippen molar-refractivity contribution in [2.75, 3.05) is 28.4 Å². The fraction of sp³-hybridized carbons (Fsp3) is 0.292. The number of nitrogens with one attached hydrogen (secondary N) is 1. The Morgan fingerprint density at radius 1 is 0.875 bits per heavy atom. The molecule has 32 heavy (non-hydrogen) atoms. The average molecular weight is 441 g/mol. The predicted octanol–water partition coefficient (Wildman–Crippen LogP) is 4.38. The number of para-hydroxylation sites is 2. The minimum atomic E-state index is -0.352. The van der Waals surface area contributed by atoms with E-state index in [0.717, 1.165) is 5.56 Å². The zero-order valence-corrected chi connectivity index (χ0v) is 18.8. The Bertz CT molecular complexity index is 1040. The summed E-state index contributed by atoms with van der Waals surface area (Å²) in [7, 11) is 6.20. The zero-order valence-electron chi connectivity index (χ0n) is 18.8. The van der Waals surface area contributed by atoms with Crippen molar-refractivity contribution in [3.63, 3.8) is 0 Å². The summed E-state index contributed by atoms with van der Waals surface area (Å²) >= 11 is 0. The molecule has 0 radical (unpaired) electrons. The normalized spacial score (nSPS) is 11.4. The molecule has 2 aromatic carbocycles. The SMILES string of the molecule is COc1ccccc1OCc1ccc(C(=O)NC(C)c2cc(OC)c(OC)c(OC)c2)o1. The summed E-state index contributed by atoms with van der Waals surface area (Å²) in [6.07, 6.45) is 0. The first kappa shape index (κ1) is 22.9. The maximum absolute atomic E-state index is 12.7. The molecule has 1 heterocycles. The molecule has 0 aliphatic rings. The van der Waals surface area contributed by atoms with Crippen LogP contribution in [0.4, 0.5) is 0 Å². The highest BCUT2D eigenvalue weighted by Gasteiger charge is 2.19. The lowest BCUT2D eigenvalue weighted by Gasteiger charge is -2.18. The molecule has 0 spiro atoms. The first-order valence-corrected chi connectivity index (χ1v) is 9.96. The molecule has 1 amide bonds. The van der Waals surface area contributed by atoms with Gasteiger partial charge in [0.25, 0.3) is 5.91 Å². The smallest absolute Gasteiger partial charge is 0.287 e. The summed E-state index contributed by atoms with van der Waals surface area (Å²) in [5.41, 5.74) is 0.791. The summed E-state index contributed by atoms with van der Waals surface area (Å²) in [4.78, 5) is 12.7. The van der Waals surface area contributed by atoms with Gasteiger partial charge in [0.15, 0.2) is 28.8 Å². The van der Waals surface area contributed by atoms with E-state index in [1.807, 2.05) is 19.1 Å². The molecule has 0 aliphatic carbocycles. The van der Waals surface area contributed by atoms with Gasteiger partial charge in [0, 0.05) is 0 Å². The van der Waals surface area contributed by atoms with Crippen LogP contribution in [0, 0.1) is 0 Å². The van der Waals surface area contributed by atoms with E-state index < -0.39 is 0 Å². The molecule has 3 rings (SSSR count). The molecule has 3 aromatic rings. The minimum Gasteiger partial charge on any atom is -0.493 e. The van der Waals surface area contributed by atoms with Crippen molar-refractivity contribution in [2.24, 2.45) is 0 Å². The van der Waals surface area contributed by atoms with Crippen LogP contribution < -0.4 is 29.0 Å². The number of furan rings is 1. The van der Waals surface area contributed by atoms with Crippen LogP contribution in [-0.2, 0) is 6.61 Å². The molecule has 1 unspecified atom stereocenters. The predicted molar refractivity (Wildman–Crippen MR) is 118 cm³/mol. The van der Waals surface area contributed by atoms with E-state index in [1.165, 1.54) is 7.11 Å². The first-order valence-electron chi connectivity index (χ1n) is 9.96. The van der Waals surface area contributed by atoms with Crippen LogP contribution in [0.2, 0.25) is 0 Å². The van der Waals surface area contributed by atoms with Gasteiger partial charge in [-0.3, -0.25) is 4.79 Å². The van der Waals surface area contributed by atoms with Gasteiger partial charge in [-0.1, -0.05) is 12.1 Å². The highest BCUT2D eigenvalue weighted by Crippen LogP contribution is 2.39. The fourth-order valence-corrected chi connectivity index (χ4v) is 3.17. The lowest BCUT2D eigenvalue weighted by Crippen LogP contribution is -2.26. The Labute approximate surface area is 187 Å². The Hall–Kier alpha value is -3.81. The number of rotatable bonds is 10. The molecular weight excluding hydrogens is 414 g/mol. The Kier molecular flexibility index (Phi) is 7.49. The second-order valence-electron chi connectivity index (χ2n) is 6.86. The summed E-state index contributed by atoms with van der Waals surface area (Å²) in [6.45, 7) is 2.02. The number of carbonyl (C=O) groups is 1. The third kappa shape index (κ3) is 5.08. The molecule has 0 saturated heterocycles. The molecule has 0 bridgehead atoms. The van der Waals surface area contributed by atoms with Gasteiger partial charge in [-0.05, 0) is 48.9 Å². The van der Waals surface area contributed by atoms with Gasteiger partial charge in [0.05, 0.1) is 34.5 Å². The standard InChI is InChI=1S/C24H27NO7/c1-15(16-12-21(28-3)23(30-5)22(13-16)29-4)25-24(26)20-11-10-17(32-20)14-31-19-9-7-6-8-18(19)27-2/h6-13,15H,14H2,1-5H3,(H,25,26). The van der Waals surface area contributed by atoms with Gasteiger partial charge in [-0.2, -0.15) is 0 Å². The highest BCUT2D eigenvalue weighted by molar-refractivity contribution is 5.91. The van der Waals surface area contributed by atoms with Gasteiger partial charge < -0.3 is 33.4 Å². The maximum atomic E-state index is 12.7. The van der Waals surface area contributed by atoms with E-state index >= 15 is 0 Å². The van der Waals surface area contributed by atoms with Crippen molar-refractivity contribution >= 4 is 5.91 Å². The molecular formula is C24H27NO7. The highest BCUT2D eigenvalue weighted by atomic mass is 16.5. The number of hydrogen-bond acceptors (Lipinski definition) is 7. The Morgan fingerprint density at radius 2 is 1.50 bits per heavy atom. The van der Waals surface area contributed by atoms with E-state index in [1.54, 1.807) is 57.7 Å². The van der Waals surface area contributed by atoms with Crippen molar-refractivity contribution in [3.8, 4) is 28.7 Å². The van der Waals surface area contributed by atoms with E-state index in [4.69, 9.17) is 28.1 Å². The quantitative estimate of drug-likeness (QED) is 0.499. The molecule has 8 heteroatoms. The molecule has 8 nitrogen and oxygen atoms in total.